The third kappa shape index (κ3) is 5.33. The van der Waals surface area contributed by atoms with Crippen LogP contribution < -0.4 is 10.2 Å². The van der Waals surface area contributed by atoms with Gasteiger partial charge in [0.2, 0.25) is 21.8 Å². The monoisotopic (exact) mass is 525 g/mol. The zero-order chi connectivity index (χ0) is 26.0. The Morgan fingerprint density at radius 3 is 2.19 bits per heavy atom. The first-order valence-corrected chi connectivity index (χ1v) is 13.0. The quantitative estimate of drug-likeness (QED) is 0.467. The van der Waals surface area contributed by atoms with E-state index in [1.54, 1.807) is 24.3 Å². The maximum atomic E-state index is 13.7. The summed E-state index contributed by atoms with van der Waals surface area (Å²) in [6.07, 6.45) is -0.301. The molecule has 3 amide bonds. The van der Waals surface area contributed by atoms with Crippen molar-refractivity contribution in [2.24, 2.45) is 0 Å². The Bertz CT molecular complexity index is 1410. The predicted octanol–water partition coefficient (Wildman–Crippen LogP) is 4.13. The number of imide groups is 1. The number of nitrogens with one attached hydrogen (secondary N) is 1. The number of carbonyl (C=O) groups excluding carboxylic acids is 3. The van der Waals surface area contributed by atoms with Crippen molar-refractivity contribution in [2.45, 2.75) is 37.8 Å². The van der Waals surface area contributed by atoms with Crippen molar-refractivity contribution in [3.63, 3.8) is 0 Å². The van der Waals surface area contributed by atoms with Gasteiger partial charge in [0.25, 0.3) is 5.91 Å². The summed E-state index contributed by atoms with van der Waals surface area (Å²) in [6, 6.07) is 17.9. The van der Waals surface area contributed by atoms with Gasteiger partial charge in [0, 0.05) is 24.2 Å². The molecule has 1 aliphatic heterocycles. The molecule has 4 rings (SSSR count). The van der Waals surface area contributed by atoms with Gasteiger partial charge in [-0.25, -0.2) is 13.3 Å². The molecule has 3 aromatic rings. The number of nitrogens with zero attached hydrogens (tertiary/aromatic N) is 2. The summed E-state index contributed by atoms with van der Waals surface area (Å²) in [7, 11) is -4.16. The van der Waals surface area contributed by atoms with E-state index < -0.39 is 27.9 Å². The first-order valence-electron chi connectivity index (χ1n) is 11.1. The predicted molar refractivity (Wildman–Crippen MR) is 137 cm³/mol. The summed E-state index contributed by atoms with van der Waals surface area (Å²) in [5, 5.41) is 3.00. The summed E-state index contributed by atoms with van der Waals surface area (Å²) < 4.78 is 28.5. The van der Waals surface area contributed by atoms with Crippen LogP contribution in [0.1, 0.15) is 24.5 Å². The molecule has 186 valence electrons. The highest BCUT2D eigenvalue weighted by Gasteiger charge is 2.47. The molecule has 1 unspecified atom stereocenters. The highest BCUT2D eigenvalue weighted by Crippen LogP contribution is 2.31. The normalized spacial score (nSPS) is 16.0. The van der Waals surface area contributed by atoms with Crippen LogP contribution >= 0.6 is 11.6 Å². The molecule has 0 bridgehead atoms. The van der Waals surface area contributed by atoms with Crippen molar-refractivity contribution in [1.29, 1.82) is 0 Å². The third-order valence-corrected chi connectivity index (χ3v) is 7.92. The maximum Gasteiger partial charge on any atom is 0.252 e. The van der Waals surface area contributed by atoms with Gasteiger partial charge in [-0.05, 0) is 61.0 Å². The van der Waals surface area contributed by atoms with Crippen LogP contribution in [0.5, 0.6) is 0 Å². The fourth-order valence-corrected chi connectivity index (χ4v) is 5.68. The lowest BCUT2D eigenvalue weighted by Crippen LogP contribution is -2.45. The van der Waals surface area contributed by atoms with E-state index in [2.05, 4.69) is 5.32 Å². The minimum absolute atomic E-state index is 0.0302. The van der Waals surface area contributed by atoms with Crippen LogP contribution in [0.3, 0.4) is 0 Å². The average Bonchev–Trinajstić information content (AvgIpc) is 3.12. The lowest BCUT2D eigenvalue weighted by molar-refractivity contribution is -0.122. The van der Waals surface area contributed by atoms with E-state index in [9.17, 15) is 22.8 Å². The molecule has 0 aromatic heterocycles. The Balaban J connectivity index is 1.70. The van der Waals surface area contributed by atoms with Crippen molar-refractivity contribution in [1.82, 2.24) is 4.31 Å². The Kier molecular flexibility index (Phi) is 7.26. The molecule has 1 heterocycles. The number of halogens is 1. The smallest absolute Gasteiger partial charge is 0.252 e. The zero-order valence-corrected chi connectivity index (χ0v) is 21.2. The van der Waals surface area contributed by atoms with Gasteiger partial charge in [-0.2, -0.15) is 4.31 Å². The van der Waals surface area contributed by atoms with Crippen LogP contribution in [0.2, 0.25) is 5.02 Å². The molecular formula is C26H24ClN3O5S. The SMILES string of the molecule is CC(=O)Nc1ccc(N2C(=O)CC(N(Cc3ccc(C)cc3)S(=O)(=O)c3ccc(Cl)cc3)C2=O)cc1. The maximum absolute atomic E-state index is 13.7. The molecule has 0 aliphatic carbocycles. The Morgan fingerprint density at radius 2 is 1.61 bits per heavy atom. The van der Waals surface area contributed by atoms with Crippen molar-refractivity contribution in [3.8, 4) is 0 Å². The highest BCUT2D eigenvalue weighted by atomic mass is 35.5. The van der Waals surface area contributed by atoms with Crippen molar-refractivity contribution in [2.75, 3.05) is 10.2 Å². The average molecular weight is 526 g/mol. The van der Waals surface area contributed by atoms with E-state index >= 15 is 0 Å². The molecule has 1 aliphatic rings. The van der Waals surface area contributed by atoms with E-state index in [1.165, 1.54) is 43.3 Å². The van der Waals surface area contributed by atoms with Crippen LogP contribution in [0, 0.1) is 6.92 Å². The molecule has 1 fully saturated rings. The molecule has 0 spiro atoms. The van der Waals surface area contributed by atoms with Crippen LogP contribution in [-0.2, 0) is 31.0 Å². The van der Waals surface area contributed by atoms with Gasteiger partial charge in [-0.1, -0.05) is 41.4 Å². The first kappa shape index (κ1) is 25.6. The van der Waals surface area contributed by atoms with Gasteiger partial charge in [0.15, 0.2) is 0 Å². The number of hydrogen-bond donors (Lipinski definition) is 1. The van der Waals surface area contributed by atoms with Gasteiger partial charge >= 0.3 is 0 Å². The number of sulfonamides is 1. The summed E-state index contributed by atoms with van der Waals surface area (Å²) >= 11 is 5.94. The van der Waals surface area contributed by atoms with E-state index in [-0.39, 0.29) is 23.8 Å². The second-order valence-electron chi connectivity index (χ2n) is 8.51. The fourth-order valence-electron chi connectivity index (χ4n) is 3.99. The Hall–Kier alpha value is -3.53. The van der Waals surface area contributed by atoms with Crippen molar-refractivity contribution < 1.29 is 22.8 Å². The fraction of sp³-hybridized carbons (Fsp3) is 0.192. The standard InChI is InChI=1S/C26H24ClN3O5S/c1-17-3-5-19(6-4-17)16-29(36(34,35)23-13-7-20(27)8-14-23)24-15-25(32)30(26(24)33)22-11-9-21(10-12-22)28-18(2)31/h3-14,24H,15-16H2,1-2H3,(H,28,31). The number of amides is 3. The van der Waals surface area contributed by atoms with Crippen LogP contribution in [0.25, 0.3) is 0 Å². The van der Waals surface area contributed by atoms with Gasteiger partial charge in [-0.3, -0.25) is 14.4 Å². The van der Waals surface area contributed by atoms with E-state index in [4.69, 9.17) is 11.6 Å². The zero-order valence-electron chi connectivity index (χ0n) is 19.6. The summed E-state index contributed by atoms with van der Waals surface area (Å²) in [5.41, 5.74) is 2.48. The third-order valence-electron chi connectivity index (χ3n) is 5.80. The minimum Gasteiger partial charge on any atom is -0.326 e. The number of aryl methyl sites for hydroxylation is 1. The van der Waals surface area contributed by atoms with E-state index in [0.717, 1.165) is 14.8 Å². The molecule has 0 radical (unpaired) electrons. The van der Waals surface area contributed by atoms with E-state index in [1.807, 2.05) is 19.1 Å². The topological polar surface area (TPSA) is 104 Å². The van der Waals surface area contributed by atoms with Gasteiger partial charge < -0.3 is 5.32 Å². The van der Waals surface area contributed by atoms with Crippen molar-refractivity contribution in [3.05, 3.63) is 88.9 Å². The molecule has 1 N–H and O–H groups in total. The van der Waals surface area contributed by atoms with Crippen LogP contribution in [0.15, 0.2) is 77.7 Å². The summed E-state index contributed by atoms with van der Waals surface area (Å²) in [4.78, 5) is 38.7. The molecule has 36 heavy (non-hydrogen) atoms. The number of anilines is 2. The largest absolute Gasteiger partial charge is 0.326 e. The summed E-state index contributed by atoms with van der Waals surface area (Å²) in [5.74, 6) is -1.41. The van der Waals surface area contributed by atoms with Crippen LogP contribution in [0.4, 0.5) is 11.4 Å². The number of rotatable bonds is 7. The Morgan fingerprint density at radius 1 is 1.00 bits per heavy atom. The number of hydrogen-bond acceptors (Lipinski definition) is 5. The molecular weight excluding hydrogens is 502 g/mol. The van der Waals surface area contributed by atoms with Gasteiger partial charge in [-0.15, -0.1) is 0 Å². The van der Waals surface area contributed by atoms with Crippen LogP contribution in [-0.4, -0.2) is 36.5 Å². The molecule has 1 atom stereocenters. The first-order chi connectivity index (χ1) is 17.1. The molecule has 1 saturated heterocycles. The summed E-state index contributed by atoms with van der Waals surface area (Å²) in [6.45, 7) is 3.19. The molecule has 3 aromatic carbocycles. The Labute approximate surface area is 214 Å². The molecule has 0 saturated carbocycles. The van der Waals surface area contributed by atoms with Gasteiger partial charge in [0.1, 0.15) is 6.04 Å². The lowest BCUT2D eigenvalue weighted by Gasteiger charge is -2.27. The number of carbonyl (C=O) groups is 3. The van der Waals surface area contributed by atoms with Gasteiger partial charge in [0.05, 0.1) is 17.0 Å². The second-order valence-corrected chi connectivity index (χ2v) is 10.8. The van der Waals surface area contributed by atoms with Crippen molar-refractivity contribution >= 4 is 50.7 Å². The number of benzene rings is 3. The second kappa shape index (κ2) is 10.2. The molecule has 10 heteroatoms. The highest BCUT2D eigenvalue weighted by molar-refractivity contribution is 7.89. The lowest BCUT2D eigenvalue weighted by atomic mass is 10.1. The molecule has 8 nitrogen and oxygen atoms in total. The minimum atomic E-state index is -4.16. The van der Waals surface area contributed by atoms with E-state index in [0.29, 0.717) is 22.0 Å².